The lowest BCUT2D eigenvalue weighted by Gasteiger charge is -2.32. The molecule has 90 valence electrons. The van der Waals surface area contributed by atoms with Crippen molar-refractivity contribution in [2.45, 2.75) is 58.9 Å². The standard InChI is InChI=1S/C12H26N2O/c1-5-9-10-14(8-4)11(15)12(13,6-2)7-3/h5-10,13H2,1-4H3. The van der Waals surface area contributed by atoms with Crippen molar-refractivity contribution in [1.29, 1.82) is 0 Å². The van der Waals surface area contributed by atoms with Gasteiger partial charge < -0.3 is 10.6 Å². The van der Waals surface area contributed by atoms with Crippen LogP contribution in [0.1, 0.15) is 53.4 Å². The minimum absolute atomic E-state index is 0.114. The van der Waals surface area contributed by atoms with Crippen LogP contribution in [0.3, 0.4) is 0 Å². The van der Waals surface area contributed by atoms with Gasteiger partial charge in [-0.25, -0.2) is 0 Å². The van der Waals surface area contributed by atoms with Gasteiger partial charge in [0.25, 0.3) is 0 Å². The van der Waals surface area contributed by atoms with E-state index in [0.29, 0.717) is 12.8 Å². The van der Waals surface area contributed by atoms with Crippen LogP contribution in [-0.4, -0.2) is 29.4 Å². The number of hydrogen-bond acceptors (Lipinski definition) is 2. The number of carbonyl (C=O) groups is 1. The van der Waals surface area contributed by atoms with Crippen LogP contribution >= 0.6 is 0 Å². The second-order valence-corrected chi connectivity index (χ2v) is 4.10. The summed E-state index contributed by atoms with van der Waals surface area (Å²) in [5, 5.41) is 0. The van der Waals surface area contributed by atoms with Gasteiger partial charge in [-0.3, -0.25) is 4.79 Å². The third kappa shape index (κ3) is 3.82. The highest BCUT2D eigenvalue weighted by Gasteiger charge is 2.32. The molecular weight excluding hydrogens is 188 g/mol. The van der Waals surface area contributed by atoms with E-state index in [1.807, 2.05) is 25.7 Å². The van der Waals surface area contributed by atoms with E-state index in [2.05, 4.69) is 6.92 Å². The Hall–Kier alpha value is -0.570. The Morgan fingerprint density at radius 3 is 2.07 bits per heavy atom. The number of nitrogens with zero attached hydrogens (tertiary/aromatic N) is 1. The van der Waals surface area contributed by atoms with E-state index >= 15 is 0 Å². The summed E-state index contributed by atoms with van der Waals surface area (Å²) in [6.45, 7) is 9.71. The van der Waals surface area contributed by atoms with Crippen LogP contribution in [0.2, 0.25) is 0 Å². The van der Waals surface area contributed by atoms with Crippen molar-refractivity contribution in [3.63, 3.8) is 0 Å². The molecule has 0 heterocycles. The zero-order valence-corrected chi connectivity index (χ0v) is 10.7. The number of carbonyl (C=O) groups excluding carboxylic acids is 1. The summed E-state index contributed by atoms with van der Waals surface area (Å²) in [6.07, 6.45) is 3.60. The van der Waals surface area contributed by atoms with E-state index in [1.165, 1.54) is 0 Å². The Morgan fingerprint density at radius 1 is 1.20 bits per heavy atom. The minimum Gasteiger partial charge on any atom is -0.341 e. The van der Waals surface area contributed by atoms with Crippen LogP contribution in [0.4, 0.5) is 0 Å². The van der Waals surface area contributed by atoms with Gasteiger partial charge >= 0.3 is 0 Å². The van der Waals surface area contributed by atoms with Gasteiger partial charge in [0, 0.05) is 13.1 Å². The van der Waals surface area contributed by atoms with Crippen molar-refractivity contribution in [1.82, 2.24) is 4.90 Å². The molecule has 0 spiro atoms. The molecule has 0 radical (unpaired) electrons. The number of likely N-dealkylation sites (N-methyl/N-ethyl adjacent to an activating group) is 1. The molecule has 0 bridgehead atoms. The maximum Gasteiger partial charge on any atom is 0.242 e. The molecule has 0 rings (SSSR count). The van der Waals surface area contributed by atoms with Crippen molar-refractivity contribution in [2.24, 2.45) is 5.73 Å². The Kier molecular flexibility index (Phi) is 6.57. The van der Waals surface area contributed by atoms with Crippen LogP contribution in [0.25, 0.3) is 0 Å². The van der Waals surface area contributed by atoms with Crippen molar-refractivity contribution < 1.29 is 4.79 Å². The average molecular weight is 214 g/mol. The molecule has 15 heavy (non-hydrogen) atoms. The van der Waals surface area contributed by atoms with Gasteiger partial charge in [-0.05, 0) is 26.2 Å². The van der Waals surface area contributed by atoms with Crippen molar-refractivity contribution in [3.05, 3.63) is 0 Å². The van der Waals surface area contributed by atoms with Crippen molar-refractivity contribution >= 4 is 5.91 Å². The molecule has 0 aliphatic carbocycles. The SMILES string of the molecule is CCCCN(CC)C(=O)C(N)(CC)CC. The normalized spacial score (nSPS) is 11.5. The highest BCUT2D eigenvalue weighted by Crippen LogP contribution is 2.15. The fourth-order valence-electron chi connectivity index (χ4n) is 1.62. The fourth-order valence-corrected chi connectivity index (χ4v) is 1.62. The molecule has 0 saturated heterocycles. The first-order valence-electron chi connectivity index (χ1n) is 6.13. The molecule has 0 aliphatic heterocycles. The fraction of sp³-hybridized carbons (Fsp3) is 0.917. The summed E-state index contributed by atoms with van der Waals surface area (Å²) in [7, 11) is 0. The number of unbranched alkanes of at least 4 members (excludes halogenated alkanes) is 1. The lowest BCUT2D eigenvalue weighted by atomic mass is 9.92. The quantitative estimate of drug-likeness (QED) is 0.706. The number of rotatable bonds is 7. The summed E-state index contributed by atoms with van der Waals surface area (Å²) in [6, 6.07) is 0. The van der Waals surface area contributed by atoms with E-state index in [0.717, 1.165) is 25.9 Å². The molecule has 0 fully saturated rings. The molecule has 0 aromatic heterocycles. The summed E-state index contributed by atoms with van der Waals surface area (Å²) < 4.78 is 0. The average Bonchev–Trinajstić information content (AvgIpc) is 2.28. The first-order chi connectivity index (χ1) is 7.05. The monoisotopic (exact) mass is 214 g/mol. The zero-order chi connectivity index (χ0) is 11.9. The molecule has 3 heteroatoms. The molecule has 1 amide bonds. The molecule has 0 atom stereocenters. The Bertz CT molecular complexity index is 188. The molecule has 0 aromatic carbocycles. The second-order valence-electron chi connectivity index (χ2n) is 4.10. The number of hydrogen-bond donors (Lipinski definition) is 1. The largest absolute Gasteiger partial charge is 0.341 e. The number of nitrogens with two attached hydrogens (primary N) is 1. The molecule has 3 nitrogen and oxygen atoms in total. The van der Waals surface area contributed by atoms with E-state index in [-0.39, 0.29) is 5.91 Å². The lowest BCUT2D eigenvalue weighted by molar-refractivity contribution is -0.137. The first kappa shape index (κ1) is 14.4. The summed E-state index contributed by atoms with van der Waals surface area (Å²) in [5.41, 5.74) is 5.45. The Morgan fingerprint density at radius 2 is 1.73 bits per heavy atom. The molecule has 2 N–H and O–H groups in total. The van der Waals surface area contributed by atoms with Crippen LogP contribution in [0, 0.1) is 0 Å². The maximum atomic E-state index is 12.2. The predicted molar refractivity (Wildman–Crippen MR) is 64.7 cm³/mol. The maximum absolute atomic E-state index is 12.2. The van der Waals surface area contributed by atoms with E-state index in [1.54, 1.807) is 0 Å². The van der Waals surface area contributed by atoms with Gasteiger partial charge in [0.1, 0.15) is 0 Å². The minimum atomic E-state index is -0.649. The van der Waals surface area contributed by atoms with E-state index < -0.39 is 5.54 Å². The molecular formula is C12H26N2O. The van der Waals surface area contributed by atoms with Gasteiger partial charge in [-0.1, -0.05) is 27.2 Å². The predicted octanol–water partition coefficient (Wildman–Crippen LogP) is 2.15. The van der Waals surface area contributed by atoms with Crippen molar-refractivity contribution in [3.8, 4) is 0 Å². The Labute approximate surface area is 94.0 Å². The molecule has 0 saturated carbocycles. The highest BCUT2D eigenvalue weighted by molar-refractivity contribution is 5.86. The van der Waals surface area contributed by atoms with Crippen LogP contribution in [0.5, 0.6) is 0 Å². The molecule has 0 unspecified atom stereocenters. The number of amides is 1. The van der Waals surface area contributed by atoms with E-state index in [4.69, 9.17) is 5.73 Å². The van der Waals surface area contributed by atoms with Crippen LogP contribution in [0.15, 0.2) is 0 Å². The topological polar surface area (TPSA) is 46.3 Å². The van der Waals surface area contributed by atoms with E-state index in [9.17, 15) is 4.79 Å². The van der Waals surface area contributed by atoms with Crippen LogP contribution < -0.4 is 5.73 Å². The molecule has 0 aliphatic rings. The highest BCUT2D eigenvalue weighted by atomic mass is 16.2. The van der Waals surface area contributed by atoms with Crippen molar-refractivity contribution in [2.75, 3.05) is 13.1 Å². The van der Waals surface area contributed by atoms with Gasteiger partial charge in [-0.2, -0.15) is 0 Å². The van der Waals surface area contributed by atoms with Gasteiger partial charge in [-0.15, -0.1) is 0 Å². The lowest BCUT2D eigenvalue weighted by Crippen LogP contribution is -2.54. The smallest absolute Gasteiger partial charge is 0.242 e. The molecule has 0 aromatic rings. The second kappa shape index (κ2) is 6.83. The Balaban J connectivity index is 4.48. The third-order valence-corrected chi connectivity index (χ3v) is 3.14. The van der Waals surface area contributed by atoms with Gasteiger partial charge in [0.15, 0.2) is 0 Å². The summed E-state index contributed by atoms with van der Waals surface area (Å²) in [4.78, 5) is 14.1. The first-order valence-corrected chi connectivity index (χ1v) is 6.13. The van der Waals surface area contributed by atoms with Crippen LogP contribution in [-0.2, 0) is 4.79 Å². The zero-order valence-electron chi connectivity index (χ0n) is 10.7. The summed E-state index contributed by atoms with van der Waals surface area (Å²) >= 11 is 0. The third-order valence-electron chi connectivity index (χ3n) is 3.14. The summed E-state index contributed by atoms with van der Waals surface area (Å²) in [5.74, 6) is 0.114. The van der Waals surface area contributed by atoms with Gasteiger partial charge in [0.2, 0.25) is 5.91 Å². The van der Waals surface area contributed by atoms with Gasteiger partial charge in [0.05, 0.1) is 5.54 Å².